The van der Waals surface area contributed by atoms with Crippen LogP contribution in [0.2, 0.25) is 0 Å². The molecule has 3 rings (SSSR count). The number of halogens is 3. The number of anilines is 2. The molecule has 2 N–H and O–H groups in total. The van der Waals surface area contributed by atoms with Gasteiger partial charge in [0.1, 0.15) is 5.69 Å². The number of pyridine rings is 1. The van der Waals surface area contributed by atoms with Crippen LogP contribution in [-0.4, -0.2) is 44.1 Å². The maximum atomic E-state index is 13.1. The summed E-state index contributed by atoms with van der Waals surface area (Å²) >= 11 is 0. The topological polar surface area (TPSA) is 49.7 Å². The highest BCUT2D eigenvalue weighted by Gasteiger charge is 2.32. The number of aromatic nitrogens is 1. The molecule has 1 aliphatic heterocycles. The van der Waals surface area contributed by atoms with Gasteiger partial charge in [-0.15, -0.1) is 0 Å². The molecule has 1 fully saturated rings. The molecule has 1 amide bonds. The minimum atomic E-state index is -4.48. The van der Waals surface area contributed by atoms with E-state index in [0.717, 1.165) is 25.2 Å². The molecule has 138 valence electrons. The summed E-state index contributed by atoms with van der Waals surface area (Å²) in [5.74, 6) is -0.536. The normalized spacial score (nSPS) is 15.8. The molecule has 0 spiro atoms. The standard InChI is InChI=1S/C18H19F3N4O/c1-24-8-10-25(11-9-24)16-6-5-13(18(19,20)21)12-15(16)23-17(26)14-4-2-3-7-22-14/h2-7,12H,8-11H2,1H3,(H,23,26)/p+1. The number of nitrogens with zero attached hydrogens (tertiary/aromatic N) is 2. The lowest BCUT2D eigenvalue weighted by Gasteiger charge is -2.33. The van der Waals surface area contributed by atoms with E-state index in [2.05, 4.69) is 17.3 Å². The highest BCUT2D eigenvalue weighted by molar-refractivity contribution is 6.04. The predicted octanol–water partition coefficient (Wildman–Crippen LogP) is 1.69. The smallest absolute Gasteiger partial charge is 0.359 e. The Bertz CT molecular complexity index is 772. The van der Waals surface area contributed by atoms with Gasteiger partial charge in [0.25, 0.3) is 5.91 Å². The van der Waals surface area contributed by atoms with Gasteiger partial charge in [-0.3, -0.25) is 9.78 Å². The monoisotopic (exact) mass is 365 g/mol. The molecule has 1 saturated heterocycles. The zero-order valence-electron chi connectivity index (χ0n) is 14.3. The second kappa shape index (κ2) is 7.33. The maximum absolute atomic E-state index is 13.1. The molecule has 0 atom stereocenters. The summed E-state index contributed by atoms with van der Waals surface area (Å²) < 4.78 is 39.3. The van der Waals surface area contributed by atoms with E-state index in [9.17, 15) is 18.0 Å². The third-order valence-corrected chi connectivity index (χ3v) is 4.43. The van der Waals surface area contributed by atoms with E-state index in [1.54, 1.807) is 12.1 Å². The third kappa shape index (κ3) is 4.13. The minimum Gasteiger partial charge on any atom is -0.359 e. The number of carbonyl (C=O) groups is 1. The van der Waals surface area contributed by atoms with Crippen LogP contribution in [0.1, 0.15) is 16.1 Å². The SMILES string of the molecule is C[NH+]1CCN(c2ccc(C(F)(F)F)cc2NC(=O)c2ccccn2)CC1. The molecule has 1 aliphatic rings. The summed E-state index contributed by atoms with van der Waals surface area (Å²) in [5.41, 5.74) is 0.0980. The molecule has 1 aromatic heterocycles. The number of alkyl halides is 3. The fourth-order valence-electron chi connectivity index (χ4n) is 2.90. The van der Waals surface area contributed by atoms with Crippen molar-refractivity contribution in [1.82, 2.24) is 4.98 Å². The number of hydrogen-bond acceptors (Lipinski definition) is 3. The van der Waals surface area contributed by atoms with Crippen molar-refractivity contribution in [2.24, 2.45) is 0 Å². The zero-order chi connectivity index (χ0) is 18.7. The van der Waals surface area contributed by atoms with E-state index in [1.807, 2.05) is 4.90 Å². The third-order valence-electron chi connectivity index (χ3n) is 4.43. The van der Waals surface area contributed by atoms with Gasteiger partial charge < -0.3 is 15.1 Å². The van der Waals surface area contributed by atoms with Crippen LogP contribution in [0.15, 0.2) is 42.6 Å². The highest BCUT2D eigenvalue weighted by Crippen LogP contribution is 2.35. The van der Waals surface area contributed by atoms with E-state index >= 15 is 0 Å². The molecular formula is C18H20F3N4O+. The van der Waals surface area contributed by atoms with E-state index in [4.69, 9.17) is 0 Å². The van der Waals surface area contributed by atoms with Gasteiger partial charge in [0.05, 0.1) is 50.2 Å². The Kier molecular flexibility index (Phi) is 5.13. The Hall–Kier alpha value is -2.61. The second-order valence-electron chi connectivity index (χ2n) is 6.34. The summed E-state index contributed by atoms with van der Waals surface area (Å²) in [6, 6.07) is 8.30. The van der Waals surface area contributed by atoms with E-state index in [1.165, 1.54) is 23.2 Å². The average molecular weight is 365 g/mol. The Labute approximate surface area is 149 Å². The van der Waals surface area contributed by atoms with Crippen LogP contribution in [-0.2, 0) is 6.18 Å². The zero-order valence-corrected chi connectivity index (χ0v) is 14.3. The van der Waals surface area contributed by atoms with Gasteiger partial charge in [0.15, 0.2) is 0 Å². The van der Waals surface area contributed by atoms with Crippen molar-refractivity contribution >= 4 is 17.3 Å². The van der Waals surface area contributed by atoms with E-state index in [0.29, 0.717) is 18.8 Å². The van der Waals surface area contributed by atoms with Crippen LogP contribution in [0.4, 0.5) is 24.5 Å². The molecule has 1 aromatic carbocycles. The molecule has 2 aromatic rings. The first kappa shape index (κ1) is 18.2. The molecule has 0 unspecified atom stereocenters. The highest BCUT2D eigenvalue weighted by atomic mass is 19.4. The van der Waals surface area contributed by atoms with Crippen molar-refractivity contribution in [3.05, 3.63) is 53.9 Å². The minimum absolute atomic E-state index is 0.148. The predicted molar refractivity (Wildman–Crippen MR) is 92.5 cm³/mol. The van der Waals surface area contributed by atoms with Crippen molar-refractivity contribution in [2.45, 2.75) is 6.18 Å². The number of quaternary nitrogens is 1. The molecule has 2 heterocycles. The molecule has 8 heteroatoms. The number of amides is 1. The largest absolute Gasteiger partial charge is 0.416 e. The summed E-state index contributed by atoms with van der Waals surface area (Å²) in [5, 5.41) is 2.60. The first-order valence-electron chi connectivity index (χ1n) is 8.34. The van der Waals surface area contributed by atoms with Gasteiger partial charge in [0.2, 0.25) is 0 Å². The maximum Gasteiger partial charge on any atom is 0.416 e. The fraction of sp³-hybridized carbons (Fsp3) is 0.333. The lowest BCUT2D eigenvalue weighted by atomic mass is 10.1. The molecule has 0 aliphatic carbocycles. The first-order chi connectivity index (χ1) is 12.3. The molecular weight excluding hydrogens is 345 g/mol. The quantitative estimate of drug-likeness (QED) is 0.870. The van der Waals surface area contributed by atoms with Crippen molar-refractivity contribution in [3.63, 3.8) is 0 Å². The molecule has 0 saturated carbocycles. The summed E-state index contributed by atoms with van der Waals surface area (Å²) in [4.78, 5) is 19.7. The van der Waals surface area contributed by atoms with Gasteiger partial charge >= 0.3 is 6.18 Å². The van der Waals surface area contributed by atoms with Crippen LogP contribution in [0.3, 0.4) is 0 Å². The summed E-state index contributed by atoms with van der Waals surface area (Å²) in [6.45, 7) is 3.19. The van der Waals surface area contributed by atoms with Crippen LogP contribution >= 0.6 is 0 Å². The number of carbonyl (C=O) groups excluding carboxylic acids is 1. The number of hydrogen-bond donors (Lipinski definition) is 2. The van der Waals surface area contributed by atoms with Crippen LogP contribution in [0.5, 0.6) is 0 Å². The van der Waals surface area contributed by atoms with Crippen LogP contribution < -0.4 is 15.1 Å². The molecule has 0 bridgehead atoms. The fourth-order valence-corrected chi connectivity index (χ4v) is 2.90. The molecule has 5 nitrogen and oxygen atoms in total. The second-order valence-corrected chi connectivity index (χ2v) is 6.34. The number of nitrogens with one attached hydrogen (secondary N) is 2. The Morgan fingerprint density at radius 2 is 1.92 bits per heavy atom. The van der Waals surface area contributed by atoms with E-state index in [-0.39, 0.29) is 11.4 Å². The lowest BCUT2D eigenvalue weighted by molar-refractivity contribution is -0.880. The Morgan fingerprint density at radius 1 is 1.19 bits per heavy atom. The Morgan fingerprint density at radius 3 is 2.54 bits per heavy atom. The molecule has 26 heavy (non-hydrogen) atoms. The number of rotatable bonds is 3. The van der Waals surface area contributed by atoms with Gasteiger partial charge in [-0.05, 0) is 30.3 Å². The van der Waals surface area contributed by atoms with Crippen molar-refractivity contribution in [3.8, 4) is 0 Å². The van der Waals surface area contributed by atoms with Gasteiger partial charge in [-0.1, -0.05) is 6.07 Å². The Balaban J connectivity index is 1.92. The van der Waals surface area contributed by atoms with Gasteiger partial charge in [-0.25, -0.2) is 0 Å². The number of likely N-dealkylation sites (N-methyl/N-ethyl adjacent to an activating group) is 1. The number of benzene rings is 1. The average Bonchev–Trinajstić information content (AvgIpc) is 2.62. The first-order valence-corrected chi connectivity index (χ1v) is 8.34. The summed E-state index contributed by atoms with van der Waals surface area (Å²) in [7, 11) is 2.08. The van der Waals surface area contributed by atoms with Crippen molar-refractivity contribution in [1.29, 1.82) is 0 Å². The summed E-state index contributed by atoms with van der Waals surface area (Å²) in [6.07, 6.45) is -3.01. The van der Waals surface area contributed by atoms with Gasteiger partial charge in [0, 0.05) is 6.20 Å². The van der Waals surface area contributed by atoms with E-state index < -0.39 is 17.6 Å². The van der Waals surface area contributed by atoms with Gasteiger partial charge in [-0.2, -0.15) is 13.2 Å². The van der Waals surface area contributed by atoms with Crippen LogP contribution in [0.25, 0.3) is 0 Å². The van der Waals surface area contributed by atoms with Crippen molar-refractivity contribution in [2.75, 3.05) is 43.4 Å². The van der Waals surface area contributed by atoms with Crippen LogP contribution in [0, 0.1) is 0 Å². The van der Waals surface area contributed by atoms with Crippen molar-refractivity contribution < 1.29 is 22.9 Å². The molecule has 0 radical (unpaired) electrons. The lowest BCUT2D eigenvalue weighted by Crippen LogP contribution is -3.12. The number of piperazine rings is 1.